The molecular formula is C72H50N2. The summed E-state index contributed by atoms with van der Waals surface area (Å²) in [5, 5.41) is 12.6. The van der Waals surface area contributed by atoms with Crippen LogP contribution in [0.15, 0.2) is 231 Å². The van der Waals surface area contributed by atoms with E-state index < -0.39 is 0 Å². The molecule has 0 aliphatic heterocycles. The van der Waals surface area contributed by atoms with Gasteiger partial charge >= 0.3 is 0 Å². The van der Waals surface area contributed by atoms with Crippen LogP contribution in [0.2, 0.25) is 0 Å². The highest BCUT2D eigenvalue weighted by molar-refractivity contribution is 6.44. The highest BCUT2D eigenvalue weighted by Crippen LogP contribution is 2.54. The maximum absolute atomic E-state index is 2.64. The van der Waals surface area contributed by atoms with Gasteiger partial charge in [-0.2, -0.15) is 0 Å². The maximum Gasteiger partial charge on any atom is 0.0633 e. The van der Waals surface area contributed by atoms with Gasteiger partial charge in [0.1, 0.15) is 0 Å². The second kappa shape index (κ2) is 14.8. The zero-order chi connectivity index (χ0) is 49.2. The van der Waals surface area contributed by atoms with E-state index in [1.54, 1.807) is 0 Å². The fourth-order valence-corrected chi connectivity index (χ4v) is 14.0. The summed E-state index contributed by atoms with van der Waals surface area (Å²) in [7, 11) is 0. The zero-order valence-electron chi connectivity index (χ0n) is 41.8. The normalized spacial score (nSPS) is 14.2. The van der Waals surface area contributed by atoms with Gasteiger partial charge < -0.3 is 9.13 Å². The molecule has 0 atom stereocenters. The lowest BCUT2D eigenvalue weighted by Crippen LogP contribution is -2.15. The van der Waals surface area contributed by atoms with Gasteiger partial charge in [0.05, 0.1) is 22.1 Å². The Morgan fingerprint density at radius 3 is 1.03 bits per heavy atom. The monoisotopic (exact) mass is 942 g/mol. The molecule has 0 unspecified atom stereocenters. The van der Waals surface area contributed by atoms with Crippen molar-refractivity contribution in [1.29, 1.82) is 0 Å². The SMILES string of the molecule is CC1(C)c2ccccc2-c2ccc(-n3c4cc(-c5ccccc5)ccc4c4c5ccccc5c5c(c6ccccc6c6c7ccc(-c8ccccc8)cc7n(-c7ccc8c(c7)C(C)(C)c7ccccc7-8)c65)c43)cc21. The summed E-state index contributed by atoms with van der Waals surface area (Å²) in [6.07, 6.45) is 0. The minimum atomic E-state index is -0.172. The molecule has 348 valence electrons. The van der Waals surface area contributed by atoms with Crippen LogP contribution in [0.3, 0.4) is 0 Å². The molecule has 0 spiro atoms. The van der Waals surface area contributed by atoms with Crippen molar-refractivity contribution in [3.05, 3.63) is 253 Å². The lowest BCUT2D eigenvalue weighted by atomic mass is 9.82. The molecule has 74 heavy (non-hydrogen) atoms. The third-order valence-electron chi connectivity index (χ3n) is 17.5. The van der Waals surface area contributed by atoms with Crippen molar-refractivity contribution in [2.45, 2.75) is 38.5 Å². The smallest absolute Gasteiger partial charge is 0.0633 e. The summed E-state index contributed by atoms with van der Waals surface area (Å²) < 4.78 is 5.28. The van der Waals surface area contributed by atoms with Crippen LogP contribution >= 0.6 is 0 Å². The molecule has 0 saturated carbocycles. The first-order valence-corrected chi connectivity index (χ1v) is 26.2. The Morgan fingerprint density at radius 2 is 0.608 bits per heavy atom. The molecule has 0 fully saturated rings. The van der Waals surface area contributed by atoms with Gasteiger partial charge in [-0.1, -0.05) is 222 Å². The predicted molar refractivity (Wildman–Crippen MR) is 314 cm³/mol. The average Bonchev–Trinajstić information content (AvgIpc) is 4.24. The number of hydrogen-bond acceptors (Lipinski definition) is 0. The Bertz CT molecular complexity index is 4450. The molecular weight excluding hydrogens is 893 g/mol. The molecule has 2 aliphatic carbocycles. The lowest BCUT2D eigenvalue weighted by molar-refractivity contribution is 0.660. The number of nitrogens with zero attached hydrogens (tertiary/aromatic N) is 2. The number of fused-ring (bicyclic) bond motifs is 21. The van der Waals surface area contributed by atoms with Crippen molar-refractivity contribution in [2.75, 3.05) is 0 Å². The average molecular weight is 943 g/mol. The largest absolute Gasteiger partial charge is 0.309 e. The van der Waals surface area contributed by atoms with Crippen LogP contribution in [0.5, 0.6) is 0 Å². The molecule has 2 heterocycles. The quantitative estimate of drug-likeness (QED) is 0.156. The number of rotatable bonds is 4. The third-order valence-corrected chi connectivity index (χ3v) is 17.5. The first kappa shape index (κ1) is 41.6. The van der Waals surface area contributed by atoms with Crippen molar-refractivity contribution in [1.82, 2.24) is 9.13 Å². The van der Waals surface area contributed by atoms with Gasteiger partial charge in [0.2, 0.25) is 0 Å². The molecule has 0 radical (unpaired) electrons. The van der Waals surface area contributed by atoms with Crippen LogP contribution in [-0.2, 0) is 10.8 Å². The molecule has 2 aliphatic rings. The molecule has 0 saturated heterocycles. The second-order valence-electron chi connectivity index (χ2n) is 22.0. The van der Waals surface area contributed by atoms with Crippen molar-refractivity contribution >= 4 is 75.9 Å². The van der Waals surface area contributed by atoms with Crippen LogP contribution in [0.4, 0.5) is 0 Å². The Morgan fingerprint density at radius 1 is 0.257 bits per heavy atom. The first-order chi connectivity index (χ1) is 36.3. The van der Waals surface area contributed by atoms with Crippen molar-refractivity contribution in [3.63, 3.8) is 0 Å². The molecule has 16 rings (SSSR count). The molecule has 14 aromatic rings. The van der Waals surface area contributed by atoms with Crippen LogP contribution in [-0.4, -0.2) is 9.13 Å². The van der Waals surface area contributed by atoms with E-state index in [2.05, 4.69) is 267 Å². The molecule has 2 nitrogen and oxygen atoms in total. The van der Waals surface area contributed by atoms with E-state index in [0.717, 1.165) is 0 Å². The second-order valence-corrected chi connectivity index (χ2v) is 22.0. The van der Waals surface area contributed by atoms with Crippen LogP contribution < -0.4 is 0 Å². The van der Waals surface area contributed by atoms with Crippen molar-refractivity contribution in [2.24, 2.45) is 0 Å². The summed E-state index contributed by atoms with van der Waals surface area (Å²) in [4.78, 5) is 0. The summed E-state index contributed by atoms with van der Waals surface area (Å²) in [6, 6.07) is 87.2. The lowest BCUT2D eigenvalue weighted by Gasteiger charge is -2.23. The van der Waals surface area contributed by atoms with E-state index in [-0.39, 0.29) is 10.8 Å². The fourth-order valence-electron chi connectivity index (χ4n) is 14.0. The minimum absolute atomic E-state index is 0.172. The van der Waals surface area contributed by atoms with Crippen LogP contribution in [0.1, 0.15) is 49.9 Å². The van der Waals surface area contributed by atoms with Gasteiger partial charge in [0.25, 0.3) is 0 Å². The van der Waals surface area contributed by atoms with E-state index in [4.69, 9.17) is 0 Å². The van der Waals surface area contributed by atoms with E-state index in [9.17, 15) is 0 Å². The van der Waals surface area contributed by atoms with Gasteiger partial charge in [0, 0.05) is 54.5 Å². The summed E-state index contributed by atoms with van der Waals surface area (Å²) in [5.41, 5.74) is 22.5. The van der Waals surface area contributed by atoms with E-state index in [0.29, 0.717) is 0 Å². The standard InChI is InChI=1S/C72H50N2/c1-71(2)59-29-17-15-23-49(59)51-37-33-47(41-61(51)71)73-63-39-45(43-19-7-5-8-20-43)31-35-57(63)65-53-25-11-14-28-56(53)68-67(69(65)73)55-27-13-12-26-54(55)66-58-36-32-46(44-21-9-6-10-22-44)40-64(58)74(70(66)68)48-34-38-52-50-24-16-18-30-60(50)72(3,4)62(52)42-48/h5-42H,1-4H3. The number of aromatic nitrogens is 2. The van der Waals surface area contributed by atoms with Gasteiger partial charge in [0.15, 0.2) is 0 Å². The molecule has 2 heteroatoms. The summed E-state index contributed by atoms with van der Waals surface area (Å²) >= 11 is 0. The minimum Gasteiger partial charge on any atom is -0.309 e. The number of hydrogen-bond donors (Lipinski definition) is 0. The van der Waals surface area contributed by atoms with Crippen molar-refractivity contribution < 1.29 is 0 Å². The highest BCUT2D eigenvalue weighted by Gasteiger charge is 2.37. The third kappa shape index (κ3) is 5.44. The van der Waals surface area contributed by atoms with Crippen molar-refractivity contribution in [3.8, 4) is 55.9 Å². The molecule has 2 aromatic heterocycles. The maximum atomic E-state index is 2.64. The Labute approximate surface area is 430 Å². The molecule has 0 amide bonds. The topological polar surface area (TPSA) is 9.86 Å². The van der Waals surface area contributed by atoms with Crippen LogP contribution in [0, 0.1) is 0 Å². The zero-order valence-corrected chi connectivity index (χ0v) is 41.8. The predicted octanol–water partition coefficient (Wildman–Crippen LogP) is 19.3. The first-order valence-electron chi connectivity index (χ1n) is 26.2. The van der Waals surface area contributed by atoms with Gasteiger partial charge in [-0.25, -0.2) is 0 Å². The van der Waals surface area contributed by atoms with E-state index in [1.165, 1.54) is 154 Å². The molecule has 12 aromatic carbocycles. The molecule has 0 bridgehead atoms. The van der Waals surface area contributed by atoms with E-state index >= 15 is 0 Å². The van der Waals surface area contributed by atoms with Gasteiger partial charge in [-0.05, 0) is 125 Å². The van der Waals surface area contributed by atoms with E-state index in [1.807, 2.05) is 0 Å². The summed E-state index contributed by atoms with van der Waals surface area (Å²) in [5.74, 6) is 0. The van der Waals surface area contributed by atoms with Crippen LogP contribution in [0.25, 0.3) is 132 Å². The Balaban J connectivity index is 1.12. The Hall–Kier alpha value is -8.98. The molecule has 0 N–H and O–H groups in total. The Kier molecular flexibility index (Phi) is 8.33. The van der Waals surface area contributed by atoms with Gasteiger partial charge in [-0.15, -0.1) is 0 Å². The highest BCUT2D eigenvalue weighted by atomic mass is 15.0. The summed E-state index contributed by atoms with van der Waals surface area (Å²) in [6.45, 7) is 9.59. The van der Waals surface area contributed by atoms with Gasteiger partial charge in [-0.3, -0.25) is 0 Å². The fraction of sp³-hybridized carbons (Fsp3) is 0.0833. The number of benzene rings is 12.